The third kappa shape index (κ3) is 3.83. The van der Waals surface area contributed by atoms with Crippen LogP contribution in [-0.2, 0) is 11.3 Å². The molecular formula is C17H13N3O5S. The number of hydrogen-bond donors (Lipinski definition) is 0. The Morgan fingerprint density at radius 1 is 1.27 bits per heavy atom. The van der Waals surface area contributed by atoms with Crippen molar-refractivity contribution >= 4 is 23.1 Å². The van der Waals surface area contributed by atoms with Crippen molar-refractivity contribution in [1.29, 1.82) is 0 Å². The van der Waals surface area contributed by atoms with Crippen molar-refractivity contribution < 1.29 is 19.2 Å². The molecule has 0 aliphatic carbocycles. The van der Waals surface area contributed by atoms with Crippen LogP contribution < -0.4 is 4.74 Å². The number of carbonyl (C=O) groups is 1. The lowest BCUT2D eigenvalue weighted by molar-refractivity contribution is -0.390. The van der Waals surface area contributed by atoms with Gasteiger partial charge in [-0.1, -0.05) is 12.1 Å². The smallest absolute Gasteiger partial charge is 0.406 e. The molecule has 0 aliphatic rings. The van der Waals surface area contributed by atoms with Crippen LogP contribution in [0.25, 0.3) is 10.6 Å². The van der Waals surface area contributed by atoms with E-state index in [1.165, 1.54) is 30.7 Å². The predicted octanol–water partition coefficient (Wildman–Crippen LogP) is 3.48. The molecule has 0 amide bonds. The summed E-state index contributed by atoms with van der Waals surface area (Å²) < 4.78 is 10.1. The minimum Gasteiger partial charge on any atom is -0.479 e. The summed E-state index contributed by atoms with van der Waals surface area (Å²) >= 11 is 1.41. The fourth-order valence-electron chi connectivity index (χ4n) is 2.16. The number of ether oxygens (including phenoxy) is 2. The van der Waals surface area contributed by atoms with Crippen molar-refractivity contribution in [2.24, 2.45) is 0 Å². The van der Waals surface area contributed by atoms with Gasteiger partial charge in [-0.15, -0.1) is 11.3 Å². The average molecular weight is 371 g/mol. The van der Waals surface area contributed by atoms with Gasteiger partial charge in [0.15, 0.2) is 0 Å². The van der Waals surface area contributed by atoms with E-state index in [9.17, 15) is 14.9 Å². The Morgan fingerprint density at radius 2 is 2.04 bits per heavy atom. The van der Waals surface area contributed by atoms with Crippen molar-refractivity contribution in [2.75, 3.05) is 7.11 Å². The van der Waals surface area contributed by atoms with Crippen LogP contribution in [-0.4, -0.2) is 28.0 Å². The first-order chi connectivity index (χ1) is 12.6. The predicted molar refractivity (Wildman–Crippen MR) is 94.1 cm³/mol. The zero-order valence-electron chi connectivity index (χ0n) is 13.6. The quantitative estimate of drug-likeness (QED) is 0.371. The summed E-state index contributed by atoms with van der Waals surface area (Å²) in [6.45, 7) is 0.0866. The number of esters is 1. The summed E-state index contributed by atoms with van der Waals surface area (Å²) in [4.78, 5) is 29.9. The molecule has 8 nitrogen and oxygen atoms in total. The number of nitro groups is 1. The highest BCUT2D eigenvalue weighted by Crippen LogP contribution is 2.27. The lowest BCUT2D eigenvalue weighted by Gasteiger charge is -2.04. The van der Waals surface area contributed by atoms with E-state index in [-0.39, 0.29) is 18.2 Å². The Labute approximate surface area is 152 Å². The van der Waals surface area contributed by atoms with E-state index in [0.717, 1.165) is 10.6 Å². The van der Waals surface area contributed by atoms with Gasteiger partial charge >= 0.3 is 11.8 Å². The zero-order valence-corrected chi connectivity index (χ0v) is 14.4. The summed E-state index contributed by atoms with van der Waals surface area (Å²) in [5, 5.41) is 13.5. The summed E-state index contributed by atoms with van der Waals surface area (Å²) in [5.74, 6) is -0.640. The average Bonchev–Trinajstić information content (AvgIpc) is 3.15. The number of nitrogens with zero attached hydrogens (tertiary/aromatic N) is 3. The maximum atomic E-state index is 11.5. The molecule has 0 spiro atoms. The highest BCUT2D eigenvalue weighted by atomic mass is 32.1. The van der Waals surface area contributed by atoms with Gasteiger partial charge in [-0.05, 0) is 34.2 Å². The molecule has 0 bridgehead atoms. The normalized spacial score (nSPS) is 10.3. The third-order valence-electron chi connectivity index (χ3n) is 3.40. The number of hydrogen-bond acceptors (Lipinski definition) is 8. The molecule has 2 aromatic heterocycles. The largest absolute Gasteiger partial charge is 0.479 e. The SMILES string of the molecule is COC(=O)c1ccc(-c2nc(COc3cccnc3[N+](=O)[O-])cs2)cc1. The molecule has 0 fully saturated rings. The number of carbonyl (C=O) groups excluding carboxylic acids is 1. The van der Waals surface area contributed by atoms with Gasteiger partial charge < -0.3 is 19.6 Å². The monoisotopic (exact) mass is 371 g/mol. The highest BCUT2D eigenvalue weighted by Gasteiger charge is 2.16. The Bertz CT molecular complexity index is 940. The maximum absolute atomic E-state index is 11.5. The molecule has 3 aromatic rings. The lowest BCUT2D eigenvalue weighted by Crippen LogP contribution is -2.01. The van der Waals surface area contributed by atoms with Gasteiger partial charge in [-0.2, -0.15) is 0 Å². The van der Waals surface area contributed by atoms with E-state index in [4.69, 9.17) is 4.74 Å². The molecule has 1 aromatic carbocycles. The van der Waals surface area contributed by atoms with Crippen LogP contribution in [0.4, 0.5) is 5.82 Å². The molecule has 9 heteroatoms. The Kier molecular flexibility index (Phi) is 5.18. The number of rotatable bonds is 6. The van der Waals surface area contributed by atoms with E-state index in [2.05, 4.69) is 14.7 Å². The summed E-state index contributed by atoms with van der Waals surface area (Å²) in [5.41, 5.74) is 1.95. The molecule has 0 radical (unpaired) electrons. The second-order valence-electron chi connectivity index (χ2n) is 5.08. The van der Waals surface area contributed by atoms with Gasteiger partial charge in [0.05, 0.1) is 18.4 Å². The van der Waals surface area contributed by atoms with Crippen LogP contribution >= 0.6 is 11.3 Å². The molecule has 0 N–H and O–H groups in total. The second-order valence-corrected chi connectivity index (χ2v) is 5.94. The number of methoxy groups -OCH3 is 1. The minimum atomic E-state index is -0.593. The molecule has 0 unspecified atom stereocenters. The number of thiazole rings is 1. The zero-order chi connectivity index (χ0) is 18.5. The van der Waals surface area contributed by atoms with Crippen LogP contribution in [0.2, 0.25) is 0 Å². The molecule has 0 saturated heterocycles. The summed E-state index contributed by atoms with van der Waals surface area (Å²) in [6.07, 6.45) is 1.34. The second kappa shape index (κ2) is 7.70. The van der Waals surface area contributed by atoms with Gasteiger partial charge in [0.1, 0.15) is 17.8 Å². The number of pyridine rings is 1. The van der Waals surface area contributed by atoms with Crippen molar-refractivity contribution in [2.45, 2.75) is 6.61 Å². The molecule has 26 heavy (non-hydrogen) atoms. The van der Waals surface area contributed by atoms with Gasteiger partial charge in [-0.3, -0.25) is 0 Å². The van der Waals surface area contributed by atoms with Crippen LogP contribution in [0.5, 0.6) is 5.75 Å². The van der Waals surface area contributed by atoms with Gasteiger partial charge in [0.25, 0.3) is 0 Å². The van der Waals surface area contributed by atoms with Gasteiger partial charge in [0.2, 0.25) is 5.75 Å². The fourth-order valence-corrected chi connectivity index (χ4v) is 2.97. The van der Waals surface area contributed by atoms with E-state index < -0.39 is 10.9 Å². The van der Waals surface area contributed by atoms with E-state index in [0.29, 0.717) is 11.3 Å². The van der Waals surface area contributed by atoms with Crippen LogP contribution in [0, 0.1) is 10.1 Å². The Morgan fingerprint density at radius 3 is 2.73 bits per heavy atom. The first kappa shape index (κ1) is 17.5. The number of aromatic nitrogens is 2. The Hall–Kier alpha value is -3.33. The Balaban J connectivity index is 1.71. The molecule has 3 rings (SSSR count). The molecule has 0 aliphatic heterocycles. The van der Waals surface area contributed by atoms with Crippen molar-refractivity contribution in [1.82, 2.24) is 9.97 Å². The molecule has 0 atom stereocenters. The summed E-state index contributed by atoms with van der Waals surface area (Å²) in [7, 11) is 1.33. The first-order valence-corrected chi connectivity index (χ1v) is 8.32. The third-order valence-corrected chi connectivity index (χ3v) is 4.34. The van der Waals surface area contributed by atoms with E-state index in [1.54, 1.807) is 30.3 Å². The molecule has 2 heterocycles. The van der Waals surface area contributed by atoms with Crippen LogP contribution in [0.3, 0.4) is 0 Å². The van der Waals surface area contributed by atoms with Gasteiger partial charge in [-0.25, -0.2) is 9.78 Å². The van der Waals surface area contributed by atoms with Crippen molar-refractivity contribution in [3.05, 3.63) is 69.3 Å². The van der Waals surface area contributed by atoms with E-state index in [1.807, 2.05) is 5.38 Å². The topological polar surface area (TPSA) is 104 Å². The standard InChI is InChI=1S/C17H13N3O5S/c1-24-17(21)12-6-4-11(5-7-12)16-19-13(10-26-16)9-25-14-3-2-8-18-15(14)20(22)23/h2-8,10H,9H2,1H3. The highest BCUT2D eigenvalue weighted by molar-refractivity contribution is 7.13. The van der Waals surface area contributed by atoms with Crippen molar-refractivity contribution in [3.8, 4) is 16.3 Å². The van der Waals surface area contributed by atoms with Crippen molar-refractivity contribution in [3.63, 3.8) is 0 Å². The lowest BCUT2D eigenvalue weighted by atomic mass is 10.1. The first-order valence-electron chi connectivity index (χ1n) is 7.44. The molecular weight excluding hydrogens is 358 g/mol. The maximum Gasteiger partial charge on any atom is 0.406 e. The van der Waals surface area contributed by atoms with E-state index >= 15 is 0 Å². The van der Waals surface area contributed by atoms with Gasteiger partial charge in [0, 0.05) is 10.9 Å². The van der Waals surface area contributed by atoms with Crippen LogP contribution in [0.1, 0.15) is 16.1 Å². The molecule has 132 valence electrons. The molecule has 0 saturated carbocycles. The number of benzene rings is 1. The van der Waals surface area contributed by atoms with Crippen LogP contribution in [0.15, 0.2) is 48.0 Å². The minimum absolute atomic E-state index is 0.0866. The summed E-state index contributed by atoms with van der Waals surface area (Å²) in [6, 6.07) is 9.94. The fraction of sp³-hybridized carbons (Fsp3) is 0.118.